The van der Waals surface area contributed by atoms with E-state index >= 15 is 0 Å². The number of sulfonamides is 1. The Balaban J connectivity index is 2.30. The third-order valence-corrected chi connectivity index (χ3v) is 3.82. The summed E-state index contributed by atoms with van der Waals surface area (Å²) in [5.41, 5.74) is 0. The first kappa shape index (κ1) is 12.1. The zero-order valence-corrected chi connectivity index (χ0v) is 11.1. The van der Waals surface area contributed by atoms with Crippen molar-refractivity contribution in [1.82, 2.24) is 4.98 Å². The van der Waals surface area contributed by atoms with Gasteiger partial charge in [-0.05, 0) is 40.2 Å². The van der Waals surface area contributed by atoms with E-state index in [2.05, 4.69) is 25.6 Å². The minimum atomic E-state index is -3.56. The smallest absolute Gasteiger partial charge is 0.263 e. The van der Waals surface area contributed by atoms with Crippen molar-refractivity contribution in [1.29, 1.82) is 0 Å². The van der Waals surface area contributed by atoms with Crippen LogP contribution >= 0.6 is 15.9 Å². The van der Waals surface area contributed by atoms with Crippen molar-refractivity contribution in [3.63, 3.8) is 0 Å². The summed E-state index contributed by atoms with van der Waals surface area (Å²) < 4.78 is 26.9. The van der Waals surface area contributed by atoms with Gasteiger partial charge in [0.2, 0.25) is 0 Å². The number of aromatic nitrogens is 1. The normalized spacial score (nSPS) is 11.1. The van der Waals surface area contributed by atoms with E-state index < -0.39 is 10.0 Å². The van der Waals surface area contributed by atoms with Crippen LogP contribution in [-0.4, -0.2) is 13.4 Å². The van der Waals surface area contributed by atoms with Gasteiger partial charge in [-0.2, -0.15) is 0 Å². The Morgan fingerprint density at radius 3 is 2.35 bits per heavy atom. The highest BCUT2D eigenvalue weighted by molar-refractivity contribution is 9.10. The lowest BCUT2D eigenvalue weighted by Gasteiger charge is -2.06. The van der Waals surface area contributed by atoms with Crippen LogP contribution in [0, 0.1) is 0 Å². The molecule has 1 aromatic carbocycles. The summed E-state index contributed by atoms with van der Waals surface area (Å²) in [6.07, 6.45) is 0. The van der Waals surface area contributed by atoms with Gasteiger partial charge in [-0.25, -0.2) is 13.4 Å². The highest BCUT2D eigenvalue weighted by atomic mass is 79.9. The fourth-order valence-electron chi connectivity index (χ4n) is 1.26. The molecule has 0 unspecified atom stereocenters. The van der Waals surface area contributed by atoms with E-state index in [1.807, 2.05) is 0 Å². The number of hydrogen-bond donors (Lipinski definition) is 1. The predicted molar refractivity (Wildman–Crippen MR) is 69.2 cm³/mol. The topological polar surface area (TPSA) is 59.1 Å². The lowest BCUT2D eigenvalue weighted by atomic mass is 10.4. The second kappa shape index (κ2) is 4.85. The molecule has 0 radical (unpaired) electrons. The van der Waals surface area contributed by atoms with E-state index in [4.69, 9.17) is 0 Å². The number of halogens is 1. The van der Waals surface area contributed by atoms with E-state index in [0.29, 0.717) is 4.60 Å². The second-order valence-electron chi connectivity index (χ2n) is 3.26. The maximum Gasteiger partial charge on any atom is 0.263 e. The van der Waals surface area contributed by atoms with Crippen molar-refractivity contribution < 1.29 is 8.42 Å². The highest BCUT2D eigenvalue weighted by Gasteiger charge is 2.13. The van der Waals surface area contributed by atoms with Crippen LogP contribution in [0.5, 0.6) is 0 Å². The third-order valence-electron chi connectivity index (χ3n) is 2.01. The zero-order chi connectivity index (χ0) is 12.3. The molecule has 0 aliphatic carbocycles. The summed E-state index contributed by atoms with van der Waals surface area (Å²) in [6, 6.07) is 13.2. The van der Waals surface area contributed by atoms with Gasteiger partial charge < -0.3 is 0 Å². The average molecular weight is 313 g/mol. The molecule has 2 rings (SSSR count). The van der Waals surface area contributed by atoms with Crippen LogP contribution in [0.3, 0.4) is 0 Å². The van der Waals surface area contributed by atoms with Gasteiger partial charge >= 0.3 is 0 Å². The van der Waals surface area contributed by atoms with Crippen LogP contribution in [0.2, 0.25) is 0 Å². The van der Waals surface area contributed by atoms with Gasteiger partial charge in [0.15, 0.2) is 0 Å². The quantitative estimate of drug-likeness (QED) is 0.886. The number of hydrogen-bond acceptors (Lipinski definition) is 3. The Morgan fingerprint density at radius 1 is 1.00 bits per heavy atom. The number of pyridine rings is 1. The number of nitrogens with zero attached hydrogens (tertiary/aromatic N) is 1. The summed E-state index contributed by atoms with van der Waals surface area (Å²) in [4.78, 5) is 4.22. The molecule has 0 saturated carbocycles. The first-order valence-electron chi connectivity index (χ1n) is 4.78. The fraction of sp³-hybridized carbons (Fsp3) is 0. The molecule has 0 fully saturated rings. The van der Waals surface area contributed by atoms with Gasteiger partial charge in [-0.15, -0.1) is 0 Å². The molecule has 1 heterocycles. The molecule has 0 atom stereocenters. The molecule has 0 bridgehead atoms. The van der Waals surface area contributed by atoms with Gasteiger partial charge in [0.05, 0.1) is 4.90 Å². The predicted octanol–water partition coefficient (Wildman–Crippen LogP) is 2.64. The Morgan fingerprint density at radius 2 is 1.71 bits per heavy atom. The summed E-state index contributed by atoms with van der Waals surface area (Å²) in [7, 11) is -3.56. The van der Waals surface area contributed by atoms with E-state index in [1.54, 1.807) is 36.4 Å². The average Bonchev–Trinajstić information content (AvgIpc) is 2.29. The number of benzene rings is 1. The van der Waals surface area contributed by atoms with E-state index in [1.165, 1.54) is 12.1 Å². The highest BCUT2D eigenvalue weighted by Crippen LogP contribution is 2.15. The van der Waals surface area contributed by atoms with E-state index in [0.717, 1.165) is 0 Å². The summed E-state index contributed by atoms with van der Waals surface area (Å²) >= 11 is 3.18. The van der Waals surface area contributed by atoms with E-state index in [-0.39, 0.29) is 10.7 Å². The Hall–Kier alpha value is -1.40. The lowest BCUT2D eigenvalue weighted by Crippen LogP contribution is -2.13. The molecule has 17 heavy (non-hydrogen) atoms. The van der Waals surface area contributed by atoms with Crippen molar-refractivity contribution >= 4 is 31.8 Å². The Labute approximate surface area is 108 Å². The van der Waals surface area contributed by atoms with Crippen LogP contribution in [-0.2, 0) is 10.0 Å². The third kappa shape index (κ3) is 3.04. The Bertz CT molecular complexity index is 614. The summed E-state index contributed by atoms with van der Waals surface area (Å²) in [5.74, 6) is 0.281. The van der Waals surface area contributed by atoms with Gasteiger partial charge in [0.1, 0.15) is 10.4 Å². The Kier molecular flexibility index (Phi) is 3.44. The SMILES string of the molecule is O=S(=O)(Nc1cccc(Br)n1)c1ccccc1. The largest absolute Gasteiger partial charge is 0.263 e. The second-order valence-corrected chi connectivity index (χ2v) is 5.76. The lowest BCUT2D eigenvalue weighted by molar-refractivity contribution is 0.601. The van der Waals surface area contributed by atoms with Crippen molar-refractivity contribution in [3.05, 3.63) is 53.1 Å². The molecule has 88 valence electrons. The molecule has 6 heteroatoms. The molecule has 1 N–H and O–H groups in total. The summed E-state index contributed by atoms with van der Waals surface area (Å²) in [6.45, 7) is 0. The number of anilines is 1. The molecule has 0 aliphatic rings. The molecule has 0 saturated heterocycles. The first-order valence-corrected chi connectivity index (χ1v) is 7.06. The first-order chi connectivity index (χ1) is 8.08. The van der Waals surface area contributed by atoms with Crippen molar-refractivity contribution in [3.8, 4) is 0 Å². The minimum absolute atomic E-state index is 0.210. The van der Waals surface area contributed by atoms with Gasteiger partial charge in [0, 0.05) is 0 Å². The van der Waals surface area contributed by atoms with Crippen LogP contribution in [0.1, 0.15) is 0 Å². The maximum atomic E-state index is 11.9. The molecule has 4 nitrogen and oxygen atoms in total. The number of nitrogens with one attached hydrogen (secondary N) is 1. The number of rotatable bonds is 3. The van der Waals surface area contributed by atoms with Crippen molar-refractivity contribution in [2.45, 2.75) is 4.90 Å². The molecular weight excluding hydrogens is 304 g/mol. The van der Waals surface area contributed by atoms with Crippen LogP contribution in [0.15, 0.2) is 58.0 Å². The molecule has 2 aromatic rings. The summed E-state index contributed by atoms with van der Waals surface area (Å²) in [5, 5.41) is 0. The maximum absolute atomic E-state index is 11.9. The molecule has 0 spiro atoms. The van der Waals surface area contributed by atoms with Crippen molar-refractivity contribution in [2.75, 3.05) is 4.72 Å². The fourth-order valence-corrected chi connectivity index (χ4v) is 2.63. The van der Waals surface area contributed by atoms with Gasteiger partial charge in [-0.3, -0.25) is 4.72 Å². The molecular formula is C11H9BrN2O2S. The van der Waals surface area contributed by atoms with Crippen LogP contribution in [0.4, 0.5) is 5.82 Å². The molecule has 1 aromatic heterocycles. The van der Waals surface area contributed by atoms with Gasteiger partial charge in [-0.1, -0.05) is 24.3 Å². The molecule has 0 amide bonds. The zero-order valence-electron chi connectivity index (χ0n) is 8.67. The van der Waals surface area contributed by atoms with E-state index in [9.17, 15) is 8.42 Å². The van der Waals surface area contributed by atoms with Crippen LogP contribution in [0.25, 0.3) is 0 Å². The van der Waals surface area contributed by atoms with Gasteiger partial charge in [0.25, 0.3) is 10.0 Å². The van der Waals surface area contributed by atoms with Crippen LogP contribution < -0.4 is 4.72 Å². The minimum Gasteiger partial charge on any atom is -0.263 e. The monoisotopic (exact) mass is 312 g/mol. The van der Waals surface area contributed by atoms with Crippen molar-refractivity contribution in [2.24, 2.45) is 0 Å². The molecule has 0 aliphatic heterocycles. The standard InChI is InChI=1S/C11H9BrN2O2S/c12-10-7-4-8-11(13-10)14-17(15,16)9-5-2-1-3-6-9/h1-8H,(H,13,14).